The largest absolute Gasteiger partial charge is 0.494 e. The first kappa shape index (κ1) is 19.7. The molecule has 0 saturated heterocycles. The van der Waals surface area contributed by atoms with Gasteiger partial charge < -0.3 is 14.6 Å². The summed E-state index contributed by atoms with van der Waals surface area (Å²) < 4.78 is 12.1. The lowest BCUT2D eigenvalue weighted by molar-refractivity contribution is -0.138. The van der Waals surface area contributed by atoms with Crippen LogP contribution in [0.15, 0.2) is 11.4 Å². The highest BCUT2D eigenvalue weighted by atomic mass is 16.5. The van der Waals surface area contributed by atoms with Crippen LogP contribution in [0.3, 0.4) is 0 Å². The topological polar surface area (TPSA) is 90.7 Å². The van der Waals surface area contributed by atoms with Gasteiger partial charge in [-0.15, -0.1) is 0 Å². The number of rotatable bonds is 9. The number of carbonyl (C=O) groups is 1. The zero-order valence-electron chi connectivity index (χ0n) is 15.0. The van der Waals surface area contributed by atoms with Crippen molar-refractivity contribution in [3.05, 3.63) is 28.2 Å². The van der Waals surface area contributed by atoms with E-state index in [9.17, 15) is 9.59 Å². The zero-order chi connectivity index (χ0) is 18.4. The molecule has 1 rings (SSSR count). The van der Waals surface area contributed by atoms with E-state index in [0.29, 0.717) is 24.7 Å². The van der Waals surface area contributed by atoms with Crippen LogP contribution in [0.4, 0.5) is 0 Å². The molecule has 1 aromatic rings. The maximum atomic E-state index is 12.7. The average molecular weight is 338 g/mol. The second-order valence-electron chi connectivity index (χ2n) is 6.16. The first-order valence-corrected chi connectivity index (χ1v) is 8.00. The van der Waals surface area contributed by atoms with E-state index in [1.165, 1.54) is 0 Å². The standard InChI is InChI=1S/C17H26N2O5/c1-7-23-12(6)14-16(24-9-10(2)3)15(11(4)5)18-19(17(14)22)8-13(20)21/h10-11H,6-9H2,1-5H3,(H,20,21). The molecule has 7 nitrogen and oxygen atoms in total. The monoisotopic (exact) mass is 338 g/mol. The SMILES string of the molecule is C=C(OCC)c1c(OCC(C)C)c(C(C)C)nn(CC(=O)O)c1=O. The number of carboxylic acid groups (broad SMARTS) is 1. The molecule has 0 radical (unpaired) electrons. The lowest BCUT2D eigenvalue weighted by Crippen LogP contribution is -2.32. The molecular formula is C17H26N2O5. The van der Waals surface area contributed by atoms with Crippen LogP contribution < -0.4 is 10.3 Å². The van der Waals surface area contributed by atoms with E-state index in [-0.39, 0.29) is 23.2 Å². The molecule has 24 heavy (non-hydrogen) atoms. The fraction of sp³-hybridized carbons (Fsp3) is 0.588. The van der Waals surface area contributed by atoms with Crippen LogP contribution in [-0.2, 0) is 16.1 Å². The van der Waals surface area contributed by atoms with E-state index in [4.69, 9.17) is 14.6 Å². The Balaban J connectivity index is 3.61. The van der Waals surface area contributed by atoms with Gasteiger partial charge in [0.25, 0.3) is 5.56 Å². The Labute approximate surface area is 141 Å². The molecule has 1 aromatic heterocycles. The van der Waals surface area contributed by atoms with E-state index >= 15 is 0 Å². The van der Waals surface area contributed by atoms with Gasteiger partial charge in [0, 0.05) is 5.92 Å². The van der Waals surface area contributed by atoms with Crippen molar-refractivity contribution in [2.24, 2.45) is 5.92 Å². The van der Waals surface area contributed by atoms with Crippen LogP contribution in [0, 0.1) is 5.92 Å². The van der Waals surface area contributed by atoms with Crippen molar-refractivity contribution >= 4 is 11.7 Å². The van der Waals surface area contributed by atoms with Gasteiger partial charge in [0.1, 0.15) is 23.6 Å². The summed E-state index contributed by atoms with van der Waals surface area (Å²) in [4.78, 5) is 23.7. The van der Waals surface area contributed by atoms with Crippen LogP contribution in [0.5, 0.6) is 5.75 Å². The molecule has 0 aromatic carbocycles. The first-order valence-electron chi connectivity index (χ1n) is 8.00. The van der Waals surface area contributed by atoms with Crippen molar-refractivity contribution in [3.63, 3.8) is 0 Å². The number of aliphatic carboxylic acids is 1. The van der Waals surface area contributed by atoms with E-state index in [1.807, 2.05) is 27.7 Å². The van der Waals surface area contributed by atoms with Gasteiger partial charge in [-0.25, -0.2) is 4.68 Å². The Morgan fingerprint density at radius 1 is 1.33 bits per heavy atom. The highest BCUT2D eigenvalue weighted by Crippen LogP contribution is 2.30. The fourth-order valence-electron chi connectivity index (χ4n) is 2.08. The Bertz CT molecular complexity index is 662. The summed E-state index contributed by atoms with van der Waals surface area (Å²) in [5.41, 5.74) is 0.0591. The third kappa shape index (κ3) is 4.84. The van der Waals surface area contributed by atoms with Crippen LogP contribution in [0.25, 0.3) is 5.76 Å². The van der Waals surface area contributed by atoms with Crippen LogP contribution in [0.2, 0.25) is 0 Å². The van der Waals surface area contributed by atoms with E-state index in [0.717, 1.165) is 4.68 Å². The van der Waals surface area contributed by atoms with Gasteiger partial charge in [0.2, 0.25) is 0 Å². The van der Waals surface area contributed by atoms with Crippen LogP contribution in [-0.4, -0.2) is 34.1 Å². The molecule has 0 unspecified atom stereocenters. The highest BCUT2D eigenvalue weighted by molar-refractivity contribution is 5.67. The number of nitrogens with zero attached hydrogens (tertiary/aromatic N) is 2. The zero-order valence-corrected chi connectivity index (χ0v) is 15.0. The molecule has 0 aliphatic heterocycles. The molecule has 0 bridgehead atoms. The number of carboxylic acids is 1. The molecule has 7 heteroatoms. The second-order valence-corrected chi connectivity index (χ2v) is 6.16. The summed E-state index contributed by atoms with van der Waals surface area (Å²) in [6, 6.07) is 0. The summed E-state index contributed by atoms with van der Waals surface area (Å²) in [6.45, 7) is 13.5. The van der Waals surface area contributed by atoms with Crippen molar-refractivity contribution in [3.8, 4) is 5.75 Å². The quantitative estimate of drug-likeness (QED) is 0.696. The molecule has 134 valence electrons. The Morgan fingerprint density at radius 2 is 1.96 bits per heavy atom. The summed E-state index contributed by atoms with van der Waals surface area (Å²) in [6.07, 6.45) is 0. The lowest BCUT2D eigenvalue weighted by Gasteiger charge is -2.20. The molecule has 1 heterocycles. The Morgan fingerprint density at radius 3 is 2.42 bits per heavy atom. The predicted molar refractivity (Wildman–Crippen MR) is 91.2 cm³/mol. The van der Waals surface area contributed by atoms with Gasteiger partial charge >= 0.3 is 5.97 Å². The molecule has 0 amide bonds. The van der Waals surface area contributed by atoms with Gasteiger partial charge in [0.15, 0.2) is 5.75 Å². The maximum absolute atomic E-state index is 12.7. The minimum absolute atomic E-state index is 0.0685. The fourth-order valence-corrected chi connectivity index (χ4v) is 2.08. The average Bonchev–Trinajstić information content (AvgIpc) is 2.46. The van der Waals surface area contributed by atoms with Gasteiger partial charge in [-0.3, -0.25) is 9.59 Å². The summed E-state index contributed by atoms with van der Waals surface area (Å²) in [5.74, 6) is -0.489. The number of aromatic nitrogens is 2. The van der Waals surface area contributed by atoms with E-state index in [1.54, 1.807) is 6.92 Å². The summed E-state index contributed by atoms with van der Waals surface area (Å²) in [7, 11) is 0. The summed E-state index contributed by atoms with van der Waals surface area (Å²) >= 11 is 0. The molecule has 0 aliphatic rings. The first-order chi connectivity index (χ1) is 11.2. The molecule has 0 atom stereocenters. The molecule has 0 aliphatic carbocycles. The highest BCUT2D eigenvalue weighted by Gasteiger charge is 2.24. The van der Waals surface area contributed by atoms with Crippen molar-refractivity contribution in [1.82, 2.24) is 9.78 Å². The number of hydrogen-bond donors (Lipinski definition) is 1. The lowest BCUT2D eigenvalue weighted by atomic mass is 10.1. The molecule has 0 fully saturated rings. The maximum Gasteiger partial charge on any atom is 0.325 e. The molecule has 0 saturated carbocycles. The summed E-state index contributed by atoms with van der Waals surface area (Å²) in [5, 5.41) is 13.2. The van der Waals surface area contributed by atoms with Crippen LogP contribution >= 0.6 is 0 Å². The normalized spacial score (nSPS) is 11.0. The smallest absolute Gasteiger partial charge is 0.325 e. The van der Waals surface area contributed by atoms with Crippen molar-refractivity contribution < 1.29 is 19.4 Å². The number of hydrogen-bond acceptors (Lipinski definition) is 5. The molecule has 0 spiro atoms. The van der Waals surface area contributed by atoms with Gasteiger partial charge in [-0.05, 0) is 12.8 Å². The van der Waals surface area contributed by atoms with Gasteiger partial charge in [-0.1, -0.05) is 34.3 Å². The Hall–Kier alpha value is -2.31. The third-order valence-corrected chi connectivity index (χ3v) is 3.13. The third-order valence-electron chi connectivity index (χ3n) is 3.13. The minimum atomic E-state index is -1.15. The second kappa shape index (κ2) is 8.52. The Kier molecular flexibility index (Phi) is 7.00. The minimum Gasteiger partial charge on any atom is -0.494 e. The molecule has 1 N–H and O–H groups in total. The van der Waals surface area contributed by atoms with Gasteiger partial charge in [0.05, 0.1) is 13.2 Å². The van der Waals surface area contributed by atoms with Crippen molar-refractivity contribution in [1.29, 1.82) is 0 Å². The predicted octanol–water partition coefficient (Wildman–Crippen LogP) is 2.49. The van der Waals surface area contributed by atoms with Gasteiger partial charge in [-0.2, -0.15) is 5.10 Å². The number of ether oxygens (including phenoxy) is 2. The molecular weight excluding hydrogens is 312 g/mol. The van der Waals surface area contributed by atoms with E-state index in [2.05, 4.69) is 11.7 Å². The van der Waals surface area contributed by atoms with Crippen LogP contribution in [0.1, 0.15) is 51.8 Å². The van der Waals surface area contributed by atoms with Crippen molar-refractivity contribution in [2.75, 3.05) is 13.2 Å². The van der Waals surface area contributed by atoms with E-state index < -0.39 is 18.1 Å². The van der Waals surface area contributed by atoms with Crippen molar-refractivity contribution in [2.45, 2.75) is 47.1 Å².